The van der Waals surface area contributed by atoms with Gasteiger partial charge in [-0.25, -0.2) is 0 Å². The van der Waals surface area contributed by atoms with Crippen molar-refractivity contribution >= 4 is 29.9 Å². The fourth-order valence-electron chi connectivity index (χ4n) is 3.46. The lowest BCUT2D eigenvalue weighted by Crippen LogP contribution is -2.49. The first kappa shape index (κ1) is 25.9. The summed E-state index contributed by atoms with van der Waals surface area (Å²) >= 11 is 0. The van der Waals surface area contributed by atoms with Crippen molar-refractivity contribution in [2.45, 2.75) is 53.1 Å². The number of guanidine groups is 1. The second-order valence-electron chi connectivity index (χ2n) is 7.48. The zero-order valence-corrected chi connectivity index (χ0v) is 20.3. The minimum atomic E-state index is 0. The molecule has 1 heterocycles. The predicted octanol–water partition coefficient (Wildman–Crippen LogP) is 1.92. The second-order valence-corrected chi connectivity index (χ2v) is 7.48. The average molecular weight is 482 g/mol. The molecular weight excluding hydrogens is 439 g/mol. The average Bonchev–Trinajstić information content (AvgIpc) is 2.59. The minimum absolute atomic E-state index is 0. The number of hydrogen-bond donors (Lipinski definition) is 2. The fraction of sp³-hybridized carbons (Fsp3) is 0.947. The van der Waals surface area contributed by atoms with E-state index < -0.39 is 0 Å². The Bertz CT molecular complexity index is 359. The third kappa shape index (κ3) is 10.3. The molecule has 0 spiro atoms. The van der Waals surface area contributed by atoms with Crippen molar-refractivity contribution in [3.05, 3.63) is 0 Å². The first-order valence-corrected chi connectivity index (χ1v) is 10.1. The highest BCUT2D eigenvalue weighted by Crippen LogP contribution is 2.05. The Morgan fingerprint density at radius 3 is 2.00 bits per heavy atom. The number of nitrogens with zero attached hydrogens (tertiary/aromatic N) is 4. The number of hydrogen-bond acceptors (Lipinski definition) is 4. The highest BCUT2D eigenvalue weighted by Gasteiger charge is 2.15. The van der Waals surface area contributed by atoms with Crippen LogP contribution >= 0.6 is 24.0 Å². The van der Waals surface area contributed by atoms with Gasteiger partial charge in [-0.1, -0.05) is 6.92 Å². The molecular formula is C19H43IN6. The summed E-state index contributed by atoms with van der Waals surface area (Å²) in [5, 5.41) is 6.89. The summed E-state index contributed by atoms with van der Waals surface area (Å²) in [4.78, 5) is 11.9. The van der Waals surface area contributed by atoms with E-state index >= 15 is 0 Å². The van der Waals surface area contributed by atoms with Crippen LogP contribution < -0.4 is 10.6 Å². The molecule has 1 rings (SSSR count). The smallest absolute Gasteiger partial charge is 0.191 e. The Kier molecular flexibility index (Phi) is 14.8. The van der Waals surface area contributed by atoms with Gasteiger partial charge < -0.3 is 15.5 Å². The zero-order chi connectivity index (χ0) is 18.7. The van der Waals surface area contributed by atoms with E-state index in [1.165, 1.54) is 32.7 Å². The van der Waals surface area contributed by atoms with Gasteiger partial charge in [0.15, 0.2) is 5.96 Å². The van der Waals surface area contributed by atoms with Crippen LogP contribution in [0.25, 0.3) is 0 Å². The maximum Gasteiger partial charge on any atom is 0.191 e. The summed E-state index contributed by atoms with van der Waals surface area (Å²) in [6.07, 6.45) is 1.13. The lowest BCUT2D eigenvalue weighted by atomic mass is 10.2. The van der Waals surface area contributed by atoms with Crippen LogP contribution in [-0.4, -0.2) is 98.7 Å². The van der Waals surface area contributed by atoms with E-state index in [4.69, 9.17) is 0 Å². The maximum absolute atomic E-state index is 4.34. The van der Waals surface area contributed by atoms with Crippen LogP contribution in [0.3, 0.4) is 0 Å². The molecule has 0 aliphatic carbocycles. The summed E-state index contributed by atoms with van der Waals surface area (Å²) in [7, 11) is 1.85. The topological polar surface area (TPSA) is 46.1 Å². The Balaban J connectivity index is 0.00000625. The molecule has 0 bridgehead atoms. The van der Waals surface area contributed by atoms with Gasteiger partial charge in [-0.3, -0.25) is 14.8 Å². The van der Waals surface area contributed by atoms with E-state index in [0.29, 0.717) is 12.1 Å². The van der Waals surface area contributed by atoms with Crippen molar-refractivity contribution in [1.29, 1.82) is 0 Å². The zero-order valence-electron chi connectivity index (χ0n) is 17.9. The quantitative estimate of drug-likeness (QED) is 0.216. The lowest BCUT2D eigenvalue weighted by Gasteiger charge is -2.34. The van der Waals surface area contributed by atoms with Crippen LogP contribution in [-0.2, 0) is 0 Å². The first-order valence-electron chi connectivity index (χ1n) is 10.1. The number of likely N-dealkylation sites (N-methyl/N-ethyl adjacent to an activating group) is 1. The highest BCUT2D eigenvalue weighted by atomic mass is 127. The van der Waals surface area contributed by atoms with Crippen LogP contribution in [0.1, 0.15) is 41.0 Å². The molecule has 0 amide bonds. The van der Waals surface area contributed by atoms with Gasteiger partial charge in [-0.05, 0) is 40.7 Å². The van der Waals surface area contributed by atoms with Gasteiger partial charge in [-0.15, -0.1) is 24.0 Å². The Morgan fingerprint density at radius 2 is 1.50 bits per heavy atom. The molecule has 0 unspecified atom stereocenters. The lowest BCUT2D eigenvalue weighted by molar-refractivity contribution is 0.139. The van der Waals surface area contributed by atoms with Crippen molar-refractivity contribution in [2.24, 2.45) is 4.99 Å². The molecule has 2 N–H and O–H groups in total. The molecule has 0 aromatic carbocycles. The largest absolute Gasteiger partial charge is 0.356 e. The molecule has 1 aliphatic rings. The highest BCUT2D eigenvalue weighted by molar-refractivity contribution is 14.0. The van der Waals surface area contributed by atoms with Crippen molar-refractivity contribution in [3.8, 4) is 0 Å². The SMILES string of the molecule is CCN1CCN(CCNC(=NC)NCCCN(C(C)C)C(C)C)CC1.I. The van der Waals surface area contributed by atoms with E-state index in [1.54, 1.807) is 0 Å². The van der Waals surface area contributed by atoms with Crippen molar-refractivity contribution in [2.75, 3.05) is 66.0 Å². The summed E-state index contributed by atoms with van der Waals surface area (Å²) in [5.41, 5.74) is 0. The second kappa shape index (κ2) is 14.9. The van der Waals surface area contributed by atoms with Gasteiger partial charge in [0.1, 0.15) is 0 Å². The molecule has 0 atom stereocenters. The van der Waals surface area contributed by atoms with Gasteiger partial charge in [-0.2, -0.15) is 0 Å². The van der Waals surface area contributed by atoms with Crippen LogP contribution in [0.15, 0.2) is 4.99 Å². The Morgan fingerprint density at radius 1 is 0.962 bits per heavy atom. The van der Waals surface area contributed by atoms with Gasteiger partial charge >= 0.3 is 0 Å². The first-order chi connectivity index (χ1) is 12.0. The molecule has 1 fully saturated rings. The summed E-state index contributed by atoms with van der Waals surface area (Å²) in [6.45, 7) is 21.4. The number of halogens is 1. The van der Waals surface area contributed by atoms with E-state index in [2.05, 4.69) is 64.9 Å². The van der Waals surface area contributed by atoms with Crippen LogP contribution in [0.5, 0.6) is 0 Å². The summed E-state index contributed by atoms with van der Waals surface area (Å²) in [5.74, 6) is 0.924. The predicted molar refractivity (Wildman–Crippen MR) is 125 cm³/mol. The number of aliphatic imine (C=N–C) groups is 1. The number of rotatable bonds is 10. The number of nitrogens with one attached hydrogen (secondary N) is 2. The molecule has 7 heteroatoms. The molecule has 0 radical (unpaired) electrons. The minimum Gasteiger partial charge on any atom is -0.356 e. The van der Waals surface area contributed by atoms with E-state index in [9.17, 15) is 0 Å². The molecule has 0 saturated carbocycles. The van der Waals surface area contributed by atoms with E-state index in [1.807, 2.05) is 7.05 Å². The monoisotopic (exact) mass is 482 g/mol. The molecule has 1 saturated heterocycles. The third-order valence-corrected chi connectivity index (χ3v) is 5.07. The molecule has 0 aromatic heterocycles. The van der Waals surface area contributed by atoms with Gasteiger partial charge in [0.2, 0.25) is 0 Å². The van der Waals surface area contributed by atoms with Crippen molar-refractivity contribution < 1.29 is 0 Å². The van der Waals surface area contributed by atoms with Crippen LogP contribution in [0.2, 0.25) is 0 Å². The normalized spacial score (nSPS) is 17.0. The van der Waals surface area contributed by atoms with Crippen LogP contribution in [0.4, 0.5) is 0 Å². The van der Waals surface area contributed by atoms with E-state index in [-0.39, 0.29) is 24.0 Å². The van der Waals surface area contributed by atoms with Crippen LogP contribution in [0, 0.1) is 0 Å². The summed E-state index contributed by atoms with van der Waals surface area (Å²) in [6, 6.07) is 1.20. The standard InChI is InChI=1S/C19H42N6.HI/c1-7-23-13-15-24(16-14-23)12-10-22-19(20-6)21-9-8-11-25(17(2)3)18(4)5;/h17-18H,7-16H2,1-6H3,(H2,20,21,22);1H. The summed E-state index contributed by atoms with van der Waals surface area (Å²) < 4.78 is 0. The van der Waals surface area contributed by atoms with Gasteiger partial charge in [0, 0.05) is 71.5 Å². The third-order valence-electron chi connectivity index (χ3n) is 5.07. The fourth-order valence-corrected chi connectivity index (χ4v) is 3.46. The number of piperazine rings is 1. The molecule has 6 nitrogen and oxygen atoms in total. The molecule has 0 aromatic rings. The molecule has 156 valence electrons. The molecule has 26 heavy (non-hydrogen) atoms. The van der Waals surface area contributed by atoms with Crippen molar-refractivity contribution in [1.82, 2.24) is 25.3 Å². The Labute approximate surface area is 179 Å². The van der Waals surface area contributed by atoms with Crippen molar-refractivity contribution in [3.63, 3.8) is 0 Å². The van der Waals surface area contributed by atoms with Gasteiger partial charge in [0.05, 0.1) is 0 Å². The Hall–Kier alpha value is -0.120. The van der Waals surface area contributed by atoms with E-state index in [0.717, 1.165) is 38.6 Å². The maximum atomic E-state index is 4.34. The van der Waals surface area contributed by atoms with Gasteiger partial charge in [0.25, 0.3) is 0 Å². The molecule has 1 aliphatic heterocycles.